The number of nitrogens with zero attached hydrogens (tertiary/aromatic N) is 1. The predicted octanol–water partition coefficient (Wildman–Crippen LogP) is 1.50. The summed E-state index contributed by atoms with van der Waals surface area (Å²) in [5.74, 6) is -0.699. The van der Waals surface area contributed by atoms with Crippen LogP contribution in [-0.4, -0.2) is 35.1 Å². The van der Waals surface area contributed by atoms with Crippen LogP contribution in [0.25, 0.3) is 0 Å². The standard InChI is InChI=1S/C10H17NO2/c1-3-9(10(12)13)11-6-4-8(2)5-7-11/h4,9H,3,5-7H2,1-2H3,(H,12,13). The normalized spacial score (nSPS) is 20.9. The summed E-state index contributed by atoms with van der Waals surface area (Å²) in [6.45, 7) is 5.69. The Morgan fingerprint density at radius 1 is 1.77 bits per heavy atom. The average Bonchev–Trinajstić information content (AvgIpc) is 2.09. The van der Waals surface area contributed by atoms with Gasteiger partial charge in [-0.2, -0.15) is 0 Å². The van der Waals surface area contributed by atoms with Crippen molar-refractivity contribution in [2.75, 3.05) is 13.1 Å². The van der Waals surface area contributed by atoms with Gasteiger partial charge in [0.25, 0.3) is 0 Å². The molecule has 1 unspecified atom stereocenters. The number of hydrogen-bond acceptors (Lipinski definition) is 2. The molecule has 13 heavy (non-hydrogen) atoms. The van der Waals surface area contributed by atoms with Crippen LogP contribution in [0.3, 0.4) is 0 Å². The van der Waals surface area contributed by atoms with Crippen molar-refractivity contribution < 1.29 is 9.90 Å². The first-order valence-corrected chi connectivity index (χ1v) is 4.77. The highest BCUT2D eigenvalue weighted by atomic mass is 16.4. The minimum atomic E-state index is -0.699. The lowest BCUT2D eigenvalue weighted by Crippen LogP contribution is -2.42. The van der Waals surface area contributed by atoms with Gasteiger partial charge in [0, 0.05) is 13.1 Å². The fourth-order valence-corrected chi connectivity index (χ4v) is 1.66. The molecule has 0 aromatic heterocycles. The van der Waals surface area contributed by atoms with Gasteiger partial charge in [-0.3, -0.25) is 9.69 Å². The smallest absolute Gasteiger partial charge is 0.320 e. The monoisotopic (exact) mass is 183 g/mol. The van der Waals surface area contributed by atoms with Crippen molar-refractivity contribution in [3.8, 4) is 0 Å². The van der Waals surface area contributed by atoms with E-state index in [1.54, 1.807) is 0 Å². The third-order valence-corrected chi connectivity index (χ3v) is 2.58. The lowest BCUT2D eigenvalue weighted by atomic mass is 10.1. The van der Waals surface area contributed by atoms with Crippen molar-refractivity contribution in [3.63, 3.8) is 0 Å². The fraction of sp³-hybridized carbons (Fsp3) is 0.700. The van der Waals surface area contributed by atoms with Crippen LogP contribution in [-0.2, 0) is 4.79 Å². The molecule has 3 nitrogen and oxygen atoms in total. The van der Waals surface area contributed by atoms with Crippen LogP contribution < -0.4 is 0 Å². The molecule has 3 heteroatoms. The quantitative estimate of drug-likeness (QED) is 0.674. The molecule has 0 radical (unpaired) electrons. The van der Waals surface area contributed by atoms with Crippen LogP contribution in [0.15, 0.2) is 11.6 Å². The lowest BCUT2D eigenvalue weighted by molar-refractivity contribution is -0.143. The number of hydrogen-bond donors (Lipinski definition) is 1. The summed E-state index contributed by atoms with van der Waals surface area (Å²) in [7, 11) is 0. The average molecular weight is 183 g/mol. The molecular weight excluding hydrogens is 166 g/mol. The van der Waals surface area contributed by atoms with Crippen molar-refractivity contribution in [2.24, 2.45) is 0 Å². The van der Waals surface area contributed by atoms with Crippen molar-refractivity contribution in [1.29, 1.82) is 0 Å². The Bertz CT molecular complexity index is 223. The molecule has 0 saturated carbocycles. The fourth-order valence-electron chi connectivity index (χ4n) is 1.66. The molecule has 1 atom stereocenters. The molecule has 0 bridgehead atoms. The SMILES string of the molecule is CCC(C(=O)O)N1CC=C(C)CC1. The second-order valence-corrected chi connectivity index (χ2v) is 3.56. The summed E-state index contributed by atoms with van der Waals surface area (Å²) in [6.07, 6.45) is 3.81. The van der Waals surface area contributed by atoms with Gasteiger partial charge in [0.2, 0.25) is 0 Å². The van der Waals surface area contributed by atoms with E-state index in [4.69, 9.17) is 5.11 Å². The molecule has 1 heterocycles. The minimum absolute atomic E-state index is 0.302. The first-order chi connectivity index (χ1) is 6.15. The van der Waals surface area contributed by atoms with E-state index < -0.39 is 5.97 Å². The first-order valence-electron chi connectivity index (χ1n) is 4.77. The molecule has 0 amide bonds. The Labute approximate surface area is 79.0 Å². The summed E-state index contributed by atoms with van der Waals surface area (Å²) in [4.78, 5) is 12.9. The highest BCUT2D eigenvalue weighted by molar-refractivity contribution is 5.73. The molecule has 0 fully saturated rings. The van der Waals surface area contributed by atoms with E-state index in [9.17, 15) is 4.79 Å². The minimum Gasteiger partial charge on any atom is -0.480 e. The van der Waals surface area contributed by atoms with E-state index in [1.165, 1.54) is 5.57 Å². The maximum absolute atomic E-state index is 10.8. The summed E-state index contributed by atoms with van der Waals surface area (Å²) in [5, 5.41) is 8.93. The molecule has 0 spiro atoms. The van der Waals surface area contributed by atoms with Gasteiger partial charge in [-0.25, -0.2) is 0 Å². The number of aliphatic carboxylic acids is 1. The molecule has 0 aromatic rings. The molecule has 0 aromatic carbocycles. The second-order valence-electron chi connectivity index (χ2n) is 3.56. The van der Waals surface area contributed by atoms with Gasteiger partial charge in [0.15, 0.2) is 0 Å². The lowest BCUT2D eigenvalue weighted by Gasteiger charge is -2.30. The summed E-state index contributed by atoms with van der Waals surface area (Å²) in [6, 6.07) is -0.302. The summed E-state index contributed by atoms with van der Waals surface area (Å²) in [5.41, 5.74) is 1.37. The Hall–Kier alpha value is -0.830. The highest BCUT2D eigenvalue weighted by Crippen LogP contribution is 2.14. The van der Waals surface area contributed by atoms with Crippen LogP contribution in [0.2, 0.25) is 0 Å². The van der Waals surface area contributed by atoms with Crippen molar-refractivity contribution in [3.05, 3.63) is 11.6 Å². The highest BCUT2D eigenvalue weighted by Gasteiger charge is 2.23. The van der Waals surface area contributed by atoms with Gasteiger partial charge in [-0.15, -0.1) is 0 Å². The van der Waals surface area contributed by atoms with E-state index in [1.807, 2.05) is 11.8 Å². The zero-order valence-electron chi connectivity index (χ0n) is 8.29. The zero-order valence-corrected chi connectivity index (χ0v) is 8.29. The number of carboxylic acids is 1. The van der Waals surface area contributed by atoms with E-state index in [0.717, 1.165) is 19.5 Å². The predicted molar refractivity (Wildman–Crippen MR) is 51.7 cm³/mol. The van der Waals surface area contributed by atoms with Gasteiger partial charge in [0.1, 0.15) is 6.04 Å². The Balaban J connectivity index is 2.57. The van der Waals surface area contributed by atoms with Gasteiger partial charge in [-0.1, -0.05) is 18.6 Å². The van der Waals surface area contributed by atoms with E-state index in [-0.39, 0.29) is 6.04 Å². The molecule has 1 N–H and O–H groups in total. The Kier molecular flexibility index (Phi) is 3.48. The topological polar surface area (TPSA) is 40.5 Å². The second kappa shape index (κ2) is 4.42. The molecule has 1 aliphatic rings. The number of rotatable bonds is 3. The van der Waals surface area contributed by atoms with Crippen LogP contribution in [0.4, 0.5) is 0 Å². The van der Waals surface area contributed by atoms with Crippen LogP contribution >= 0.6 is 0 Å². The molecule has 1 aliphatic heterocycles. The van der Waals surface area contributed by atoms with Crippen molar-refractivity contribution in [2.45, 2.75) is 32.7 Å². The van der Waals surface area contributed by atoms with E-state index >= 15 is 0 Å². The molecule has 0 saturated heterocycles. The molecular formula is C10H17NO2. The van der Waals surface area contributed by atoms with Gasteiger partial charge < -0.3 is 5.11 Å². The van der Waals surface area contributed by atoms with Gasteiger partial charge >= 0.3 is 5.97 Å². The van der Waals surface area contributed by atoms with Gasteiger partial charge in [-0.05, 0) is 19.8 Å². The third-order valence-electron chi connectivity index (χ3n) is 2.58. The molecule has 0 aliphatic carbocycles. The molecule has 1 rings (SSSR count). The van der Waals surface area contributed by atoms with E-state index in [2.05, 4.69) is 13.0 Å². The summed E-state index contributed by atoms with van der Waals surface area (Å²) < 4.78 is 0. The first kappa shape index (κ1) is 10.3. The Morgan fingerprint density at radius 2 is 2.46 bits per heavy atom. The number of carbonyl (C=O) groups is 1. The van der Waals surface area contributed by atoms with Crippen LogP contribution in [0.1, 0.15) is 26.7 Å². The zero-order chi connectivity index (χ0) is 9.84. The van der Waals surface area contributed by atoms with Crippen LogP contribution in [0.5, 0.6) is 0 Å². The van der Waals surface area contributed by atoms with Crippen molar-refractivity contribution >= 4 is 5.97 Å². The number of carboxylic acid groups (broad SMARTS) is 1. The van der Waals surface area contributed by atoms with Crippen molar-refractivity contribution in [1.82, 2.24) is 4.90 Å². The largest absolute Gasteiger partial charge is 0.480 e. The maximum Gasteiger partial charge on any atom is 0.320 e. The molecule has 74 valence electrons. The Morgan fingerprint density at radius 3 is 2.85 bits per heavy atom. The summed E-state index contributed by atoms with van der Waals surface area (Å²) >= 11 is 0. The maximum atomic E-state index is 10.8. The van der Waals surface area contributed by atoms with Gasteiger partial charge in [0.05, 0.1) is 0 Å². The van der Waals surface area contributed by atoms with E-state index in [0.29, 0.717) is 6.42 Å². The van der Waals surface area contributed by atoms with Crippen LogP contribution in [0, 0.1) is 0 Å². The third kappa shape index (κ3) is 2.56.